The molecule has 2 rings (SSSR count). The fourth-order valence-corrected chi connectivity index (χ4v) is 2.32. The van der Waals surface area contributed by atoms with Gasteiger partial charge in [-0.2, -0.15) is 4.39 Å². The Bertz CT molecular complexity index is 604. The van der Waals surface area contributed by atoms with Crippen molar-refractivity contribution in [1.82, 2.24) is 9.97 Å². The quantitative estimate of drug-likeness (QED) is 0.859. The predicted molar refractivity (Wildman–Crippen MR) is 73.0 cm³/mol. The lowest BCUT2D eigenvalue weighted by molar-refractivity contribution is 0.102. The molecule has 2 aromatic heterocycles. The van der Waals surface area contributed by atoms with Crippen molar-refractivity contribution in [3.8, 4) is 0 Å². The summed E-state index contributed by atoms with van der Waals surface area (Å²) in [6.45, 7) is 6.14. The Morgan fingerprint density at radius 3 is 2.74 bits per heavy atom. The first-order valence-corrected chi connectivity index (χ1v) is 6.63. The van der Waals surface area contributed by atoms with Gasteiger partial charge in [-0.05, 0) is 6.07 Å². The second kappa shape index (κ2) is 5.05. The van der Waals surface area contributed by atoms with Gasteiger partial charge in [0.15, 0.2) is 5.13 Å². The van der Waals surface area contributed by atoms with E-state index >= 15 is 0 Å². The van der Waals surface area contributed by atoms with Gasteiger partial charge in [0, 0.05) is 28.6 Å². The van der Waals surface area contributed by atoms with E-state index < -0.39 is 11.9 Å². The molecule has 0 radical (unpaired) electrons. The van der Waals surface area contributed by atoms with Crippen LogP contribution in [-0.4, -0.2) is 15.9 Å². The van der Waals surface area contributed by atoms with Crippen LogP contribution in [0.2, 0.25) is 0 Å². The van der Waals surface area contributed by atoms with Crippen molar-refractivity contribution in [2.45, 2.75) is 26.2 Å². The lowest BCUT2D eigenvalue weighted by Crippen LogP contribution is -2.14. The molecule has 1 amide bonds. The van der Waals surface area contributed by atoms with Gasteiger partial charge in [0.25, 0.3) is 5.91 Å². The first kappa shape index (κ1) is 13.6. The normalized spacial score (nSPS) is 11.4. The van der Waals surface area contributed by atoms with Crippen LogP contribution >= 0.6 is 11.3 Å². The minimum atomic E-state index is -0.679. The Hall–Kier alpha value is -1.82. The molecule has 0 saturated carbocycles. The van der Waals surface area contributed by atoms with Crippen molar-refractivity contribution >= 4 is 22.4 Å². The van der Waals surface area contributed by atoms with Gasteiger partial charge in [-0.1, -0.05) is 20.8 Å². The Morgan fingerprint density at radius 1 is 1.42 bits per heavy atom. The minimum absolute atomic E-state index is 0.0672. The molecule has 0 bridgehead atoms. The predicted octanol–water partition coefficient (Wildman–Crippen LogP) is 3.23. The van der Waals surface area contributed by atoms with E-state index in [1.807, 2.05) is 26.2 Å². The molecule has 0 atom stereocenters. The van der Waals surface area contributed by atoms with Gasteiger partial charge in [0.2, 0.25) is 5.95 Å². The molecule has 0 fully saturated rings. The number of thiazole rings is 1. The largest absolute Gasteiger partial charge is 0.298 e. The average molecular weight is 279 g/mol. The highest BCUT2D eigenvalue weighted by atomic mass is 32.1. The SMILES string of the molecule is CC(C)(C)c1csc(NC(=O)c2ccnc(F)c2)n1. The van der Waals surface area contributed by atoms with Crippen molar-refractivity contribution in [3.05, 3.63) is 40.9 Å². The number of aromatic nitrogens is 2. The molecule has 0 aromatic carbocycles. The number of anilines is 1. The number of amides is 1. The van der Waals surface area contributed by atoms with Crippen LogP contribution in [0.5, 0.6) is 0 Å². The van der Waals surface area contributed by atoms with Crippen LogP contribution in [0.4, 0.5) is 9.52 Å². The molecule has 1 N–H and O–H groups in total. The molecule has 6 heteroatoms. The summed E-state index contributed by atoms with van der Waals surface area (Å²) in [5.41, 5.74) is 1.07. The standard InChI is InChI=1S/C13H14FN3OS/c1-13(2,3)9-7-19-12(16-9)17-11(18)8-4-5-15-10(14)6-8/h4-7H,1-3H3,(H,16,17,18). The summed E-state index contributed by atoms with van der Waals surface area (Å²) >= 11 is 1.35. The zero-order valence-corrected chi connectivity index (χ0v) is 11.7. The fourth-order valence-electron chi connectivity index (χ4n) is 1.39. The summed E-state index contributed by atoms with van der Waals surface area (Å²) in [5, 5.41) is 5.06. The molecule has 0 unspecified atom stereocenters. The number of carbonyl (C=O) groups excluding carboxylic acids is 1. The van der Waals surface area contributed by atoms with Crippen molar-refractivity contribution in [2.24, 2.45) is 0 Å². The maximum absolute atomic E-state index is 12.9. The van der Waals surface area contributed by atoms with Gasteiger partial charge in [0.1, 0.15) is 0 Å². The molecule has 2 aromatic rings. The highest BCUT2D eigenvalue weighted by molar-refractivity contribution is 7.14. The smallest absolute Gasteiger partial charge is 0.257 e. The zero-order chi connectivity index (χ0) is 14.0. The van der Waals surface area contributed by atoms with Crippen LogP contribution in [0.15, 0.2) is 23.7 Å². The van der Waals surface area contributed by atoms with Crippen LogP contribution in [0.25, 0.3) is 0 Å². The Labute approximate surface area is 114 Å². The second-order valence-electron chi connectivity index (χ2n) is 5.11. The third-order valence-corrected chi connectivity index (χ3v) is 3.24. The first-order valence-electron chi connectivity index (χ1n) is 5.75. The number of hydrogen-bond acceptors (Lipinski definition) is 4. The summed E-state index contributed by atoms with van der Waals surface area (Å²) in [6.07, 6.45) is 1.26. The molecule has 0 saturated heterocycles. The van der Waals surface area contributed by atoms with E-state index in [0.717, 1.165) is 11.8 Å². The average Bonchev–Trinajstić information content (AvgIpc) is 2.77. The van der Waals surface area contributed by atoms with Crippen molar-refractivity contribution in [2.75, 3.05) is 5.32 Å². The Balaban J connectivity index is 2.13. The second-order valence-corrected chi connectivity index (χ2v) is 5.97. The molecule has 19 heavy (non-hydrogen) atoms. The number of rotatable bonds is 2. The third kappa shape index (κ3) is 3.35. The lowest BCUT2D eigenvalue weighted by Gasteiger charge is -2.14. The number of nitrogens with one attached hydrogen (secondary N) is 1. The van der Waals surface area contributed by atoms with E-state index in [2.05, 4.69) is 15.3 Å². The van der Waals surface area contributed by atoms with Gasteiger partial charge in [0.05, 0.1) is 5.69 Å². The van der Waals surface area contributed by atoms with Crippen molar-refractivity contribution in [1.29, 1.82) is 0 Å². The molecule has 0 aliphatic rings. The first-order chi connectivity index (χ1) is 8.86. The number of halogens is 1. The van der Waals surface area contributed by atoms with Gasteiger partial charge < -0.3 is 0 Å². The molecule has 0 aliphatic carbocycles. The van der Waals surface area contributed by atoms with Gasteiger partial charge in [-0.25, -0.2) is 9.97 Å². The number of hydrogen-bond donors (Lipinski definition) is 1. The lowest BCUT2D eigenvalue weighted by atomic mass is 9.93. The molecule has 100 valence electrons. The molecule has 4 nitrogen and oxygen atoms in total. The Kier molecular flexibility index (Phi) is 3.61. The maximum atomic E-state index is 12.9. The zero-order valence-electron chi connectivity index (χ0n) is 10.9. The van der Waals surface area contributed by atoms with Gasteiger partial charge >= 0.3 is 0 Å². The number of pyridine rings is 1. The fraction of sp³-hybridized carbons (Fsp3) is 0.308. The third-order valence-electron chi connectivity index (χ3n) is 2.48. The van der Waals surface area contributed by atoms with Crippen molar-refractivity contribution in [3.63, 3.8) is 0 Å². The van der Waals surface area contributed by atoms with E-state index in [1.54, 1.807) is 0 Å². The van der Waals surface area contributed by atoms with E-state index in [1.165, 1.54) is 23.6 Å². The topological polar surface area (TPSA) is 54.9 Å². The van der Waals surface area contributed by atoms with Crippen molar-refractivity contribution < 1.29 is 9.18 Å². The number of carbonyl (C=O) groups is 1. The highest BCUT2D eigenvalue weighted by Crippen LogP contribution is 2.26. The summed E-state index contributed by atoms with van der Waals surface area (Å²) in [4.78, 5) is 19.6. The summed E-state index contributed by atoms with van der Waals surface area (Å²) in [7, 11) is 0. The van der Waals surface area contributed by atoms with Crippen LogP contribution in [0.3, 0.4) is 0 Å². The maximum Gasteiger partial charge on any atom is 0.257 e. The number of nitrogens with zero attached hydrogens (tertiary/aromatic N) is 2. The minimum Gasteiger partial charge on any atom is -0.298 e. The van der Waals surface area contributed by atoms with Gasteiger partial charge in [-0.15, -0.1) is 11.3 Å². The molecular weight excluding hydrogens is 265 g/mol. The van der Waals surface area contributed by atoms with Crippen LogP contribution < -0.4 is 5.32 Å². The van der Waals surface area contributed by atoms with Crippen LogP contribution in [0.1, 0.15) is 36.8 Å². The van der Waals surface area contributed by atoms with E-state index in [0.29, 0.717) is 5.13 Å². The summed E-state index contributed by atoms with van der Waals surface area (Å²) in [6, 6.07) is 2.55. The highest BCUT2D eigenvalue weighted by Gasteiger charge is 2.18. The van der Waals surface area contributed by atoms with Crippen LogP contribution in [0, 0.1) is 5.95 Å². The monoisotopic (exact) mass is 279 g/mol. The molecule has 2 heterocycles. The Morgan fingerprint density at radius 2 is 2.16 bits per heavy atom. The molecule has 0 aliphatic heterocycles. The van der Waals surface area contributed by atoms with E-state index in [-0.39, 0.29) is 11.0 Å². The summed E-state index contributed by atoms with van der Waals surface area (Å²) < 4.78 is 12.9. The van der Waals surface area contributed by atoms with E-state index in [9.17, 15) is 9.18 Å². The van der Waals surface area contributed by atoms with E-state index in [4.69, 9.17) is 0 Å². The summed E-state index contributed by atoms with van der Waals surface area (Å²) in [5.74, 6) is -1.07. The molecular formula is C13H14FN3OS. The molecule has 0 spiro atoms. The van der Waals surface area contributed by atoms with Gasteiger partial charge in [-0.3, -0.25) is 10.1 Å². The van der Waals surface area contributed by atoms with Crippen LogP contribution in [-0.2, 0) is 5.41 Å².